The van der Waals surface area contributed by atoms with Crippen molar-refractivity contribution < 1.29 is 0 Å². The van der Waals surface area contributed by atoms with Crippen molar-refractivity contribution in [2.24, 2.45) is 11.7 Å². The molecule has 2 unspecified atom stereocenters. The highest BCUT2D eigenvalue weighted by molar-refractivity contribution is 9.11. The Morgan fingerprint density at radius 2 is 2.36 bits per heavy atom. The van der Waals surface area contributed by atoms with Gasteiger partial charge in [-0.3, -0.25) is 0 Å². The Morgan fingerprint density at radius 1 is 1.57 bits per heavy atom. The number of thiophene rings is 1. The van der Waals surface area contributed by atoms with Gasteiger partial charge in [0.2, 0.25) is 0 Å². The lowest BCUT2D eigenvalue weighted by atomic mass is 9.95. The molecule has 78 valence electrons. The highest BCUT2D eigenvalue weighted by Crippen LogP contribution is 2.36. The first-order chi connectivity index (χ1) is 6.70. The summed E-state index contributed by atoms with van der Waals surface area (Å²) < 4.78 is 1.22. The quantitative estimate of drug-likeness (QED) is 0.895. The number of likely N-dealkylation sites (N-methyl/N-ethyl adjacent to an activating group) is 1. The van der Waals surface area contributed by atoms with E-state index >= 15 is 0 Å². The van der Waals surface area contributed by atoms with Crippen molar-refractivity contribution in [1.82, 2.24) is 4.90 Å². The van der Waals surface area contributed by atoms with E-state index in [1.807, 2.05) is 11.3 Å². The summed E-state index contributed by atoms with van der Waals surface area (Å²) in [6.45, 7) is 3.08. The summed E-state index contributed by atoms with van der Waals surface area (Å²) in [5, 5.41) is 0. The summed E-state index contributed by atoms with van der Waals surface area (Å²) in [6.07, 6.45) is 0. The third kappa shape index (κ3) is 2.03. The van der Waals surface area contributed by atoms with Crippen LogP contribution in [0, 0.1) is 5.92 Å². The lowest BCUT2D eigenvalue weighted by Gasteiger charge is -2.14. The van der Waals surface area contributed by atoms with Gasteiger partial charge < -0.3 is 10.6 Å². The molecule has 1 saturated heterocycles. The molecular weight excluding hydrogens is 260 g/mol. The SMILES string of the molecule is CN1CC(CN)C(c2ccc(Br)s2)C1. The van der Waals surface area contributed by atoms with Gasteiger partial charge in [0.25, 0.3) is 0 Å². The topological polar surface area (TPSA) is 29.3 Å². The summed E-state index contributed by atoms with van der Waals surface area (Å²) >= 11 is 5.35. The third-order valence-electron chi connectivity index (χ3n) is 2.89. The van der Waals surface area contributed by atoms with Crippen LogP contribution in [0.5, 0.6) is 0 Å². The summed E-state index contributed by atoms with van der Waals surface area (Å²) in [4.78, 5) is 3.84. The fourth-order valence-electron chi connectivity index (χ4n) is 2.18. The molecule has 2 atom stereocenters. The Morgan fingerprint density at radius 3 is 2.93 bits per heavy atom. The molecule has 0 bridgehead atoms. The Bertz CT molecular complexity index is 313. The van der Waals surface area contributed by atoms with Crippen molar-refractivity contribution >= 4 is 27.3 Å². The number of rotatable bonds is 2. The molecule has 0 aliphatic carbocycles. The molecule has 0 amide bonds. The second kappa shape index (κ2) is 4.31. The molecular formula is C10H15BrN2S. The Hall–Kier alpha value is 0.1000. The maximum absolute atomic E-state index is 5.80. The van der Waals surface area contributed by atoms with Gasteiger partial charge >= 0.3 is 0 Å². The molecule has 0 saturated carbocycles. The largest absolute Gasteiger partial charge is 0.330 e. The van der Waals surface area contributed by atoms with Crippen LogP contribution in [-0.4, -0.2) is 31.6 Å². The second-order valence-corrected chi connectivity index (χ2v) is 6.46. The van der Waals surface area contributed by atoms with E-state index < -0.39 is 0 Å². The zero-order chi connectivity index (χ0) is 10.1. The van der Waals surface area contributed by atoms with Crippen LogP contribution in [-0.2, 0) is 0 Å². The van der Waals surface area contributed by atoms with Gasteiger partial charge in [-0.2, -0.15) is 0 Å². The minimum Gasteiger partial charge on any atom is -0.330 e. The Balaban J connectivity index is 2.17. The van der Waals surface area contributed by atoms with E-state index in [9.17, 15) is 0 Å². The minimum atomic E-state index is 0.630. The standard InChI is InChI=1S/C10H15BrN2S/c1-13-5-7(4-12)8(6-13)9-2-3-10(11)14-9/h2-3,7-8H,4-6,12H2,1H3. The van der Waals surface area contributed by atoms with Crippen molar-refractivity contribution in [3.8, 4) is 0 Å². The van der Waals surface area contributed by atoms with Crippen molar-refractivity contribution in [1.29, 1.82) is 0 Å². The molecule has 0 aromatic carbocycles. The van der Waals surface area contributed by atoms with Gasteiger partial charge in [0, 0.05) is 23.9 Å². The van der Waals surface area contributed by atoms with Crippen LogP contribution in [0.25, 0.3) is 0 Å². The third-order valence-corrected chi connectivity index (χ3v) is 4.64. The molecule has 1 aromatic rings. The molecule has 1 aliphatic rings. The molecule has 4 heteroatoms. The van der Waals surface area contributed by atoms with Crippen molar-refractivity contribution in [2.45, 2.75) is 5.92 Å². The van der Waals surface area contributed by atoms with Gasteiger partial charge in [0.05, 0.1) is 3.79 Å². The molecule has 2 heterocycles. The zero-order valence-corrected chi connectivity index (χ0v) is 10.6. The number of hydrogen-bond donors (Lipinski definition) is 1. The molecule has 2 nitrogen and oxygen atoms in total. The number of likely N-dealkylation sites (tertiary alicyclic amines) is 1. The van der Waals surface area contributed by atoms with Crippen LogP contribution in [0.1, 0.15) is 10.8 Å². The Kier molecular flexibility index (Phi) is 3.27. The lowest BCUT2D eigenvalue weighted by molar-refractivity contribution is 0.397. The summed E-state index contributed by atoms with van der Waals surface area (Å²) in [5.74, 6) is 1.27. The van der Waals surface area contributed by atoms with Gasteiger partial charge in [-0.05, 0) is 47.6 Å². The molecule has 0 spiro atoms. The van der Waals surface area contributed by atoms with Gasteiger partial charge in [-0.15, -0.1) is 11.3 Å². The highest BCUT2D eigenvalue weighted by atomic mass is 79.9. The molecule has 14 heavy (non-hydrogen) atoms. The normalized spacial score (nSPS) is 28.5. The van der Waals surface area contributed by atoms with E-state index in [4.69, 9.17) is 5.73 Å². The predicted octanol–water partition coefficient (Wildman–Crippen LogP) is 2.11. The van der Waals surface area contributed by atoms with Gasteiger partial charge in [-0.25, -0.2) is 0 Å². The molecule has 1 aromatic heterocycles. The van der Waals surface area contributed by atoms with E-state index in [2.05, 4.69) is 40.0 Å². The van der Waals surface area contributed by atoms with Gasteiger partial charge in [-0.1, -0.05) is 0 Å². The van der Waals surface area contributed by atoms with Crippen LogP contribution >= 0.6 is 27.3 Å². The number of nitrogens with zero attached hydrogens (tertiary/aromatic N) is 1. The fraction of sp³-hybridized carbons (Fsp3) is 0.600. The van der Waals surface area contributed by atoms with E-state index in [0.29, 0.717) is 11.8 Å². The summed E-state index contributed by atoms with van der Waals surface area (Å²) in [6, 6.07) is 4.35. The maximum atomic E-state index is 5.80. The second-order valence-electron chi connectivity index (χ2n) is 3.97. The predicted molar refractivity (Wildman–Crippen MR) is 64.8 cm³/mol. The molecule has 2 N–H and O–H groups in total. The number of hydrogen-bond acceptors (Lipinski definition) is 3. The first-order valence-electron chi connectivity index (χ1n) is 4.84. The van der Waals surface area contributed by atoms with Crippen molar-refractivity contribution in [2.75, 3.05) is 26.7 Å². The first-order valence-corrected chi connectivity index (χ1v) is 6.45. The number of halogens is 1. The first kappa shape index (κ1) is 10.6. The smallest absolute Gasteiger partial charge is 0.0701 e. The number of nitrogens with two attached hydrogens (primary N) is 1. The van der Waals surface area contributed by atoms with Crippen LogP contribution in [0.15, 0.2) is 15.9 Å². The summed E-state index contributed by atoms with van der Waals surface area (Å²) in [7, 11) is 2.17. The molecule has 1 fully saturated rings. The average Bonchev–Trinajstić information content (AvgIpc) is 2.71. The van der Waals surface area contributed by atoms with Crippen LogP contribution in [0.2, 0.25) is 0 Å². The van der Waals surface area contributed by atoms with E-state index in [-0.39, 0.29) is 0 Å². The zero-order valence-electron chi connectivity index (χ0n) is 8.24. The molecule has 2 rings (SSSR count). The Labute approximate surface area is 97.2 Å². The fourth-order valence-corrected chi connectivity index (χ4v) is 3.78. The molecule has 0 radical (unpaired) electrons. The maximum Gasteiger partial charge on any atom is 0.0701 e. The highest BCUT2D eigenvalue weighted by Gasteiger charge is 2.31. The minimum absolute atomic E-state index is 0.630. The van der Waals surface area contributed by atoms with E-state index in [1.165, 1.54) is 8.66 Å². The van der Waals surface area contributed by atoms with E-state index in [0.717, 1.165) is 19.6 Å². The van der Waals surface area contributed by atoms with Gasteiger partial charge in [0.1, 0.15) is 0 Å². The van der Waals surface area contributed by atoms with Crippen LogP contribution < -0.4 is 5.73 Å². The monoisotopic (exact) mass is 274 g/mol. The summed E-state index contributed by atoms with van der Waals surface area (Å²) in [5.41, 5.74) is 5.80. The van der Waals surface area contributed by atoms with Gasteiger partial charge in [0.15, 0.2) is 0 Å². The average molecular weight is 275 g/mol. The van der Waals surface area contributed by atoms with Crippen LogP contribution in [0.3, 0.4) is 0 Å². The molecule has 1 aliphatic heterocycles. The van der Waals surface area contributed by atoms with Crippen molar-refractivity contribution in [3.05, 3.63) is 20.8 Å². The van der Waals surface area contributed by atoms with E-state index in [1.54, 1.807) is 0 Å². The van der Waals surface area contributed by atoms with Crippen LogP contribution in [0.4, 0.5) is 0 Å². The van der Waals surface area contributed by atoms with Crippen molar-refractivity contribution in [3.63, 3.8) is 0 Å². The lowest BCUT2D eigenvalue weighted by Crippen LogP contribution is -2.21.